The number of fused-ring (bicyclic) bond motifs is 1. The monoisotopic (exact) mass is 368 g/mol. The van der Waals surface area contributed by atoms with E-state index in [1.807, 2.05) is 35.0 Å². The number of hydrogen-bond acceptors (Lipinski definition) is 3. The first-order valence-electron chi connectivity index (χ1n) is 9.41. The molecule has 0 saturated carbocycles. The molecule has 3 rings (SSSR count). The second-order valence-corrected chi connectivity index (χ2v) is 11.4. The van der Waals surface area contributed by atoms with Gasteiger partial charge in [-0.15, -0.1) is 0 Å². The van der Waals surface area contributed by atoms with Crippen molar-refractivity contribution in [2.75, 3.05) is 7.11 Å². The highest BCUT2D eigenvalue weighted by Gasteiger charge is 2.29. The van der Waals surface area contributed by atoms with Gasteiger partial charge in [0.05, 0.1) is 30.6 Å². The molecule has 0 aliphatic rings. The fraction of sp³-hybridized carbons (Fsp3) is 0.381. The van der Waals surface area contributed by atoms with Crippen LogP contribution in [0.15, 0.2) is 48.5 Å². The molecule has 0 unspecified atom stereocenters. The lowest BCUT2D eigenvalue weighted by atomic mass is 10.2. The molecule has 0 spiro atoms. The quantitative estimate of drug-likeness (QED) is 0.489. The van der Waals surface area contributed by atoms with Crippen LogP contribution >= 0.6 is 0 Å². The van der Waals surface area contributed by atoms with Crippen molar-refractivity contribution in [3.8, 4) is 11.4 Å². The molecule has 138 valence electrons. The lowest BCUT2D eigenvalue weighted by Gasteiger charge is -2.28. The van der Waals surface area contributed by atoms with Gasteiger partial charge in [-0.05, 0) is 48.5 Å². The topological polar surface area (TPSA) is 36.3 Å². The molecule has 0 bridgehead atoms. The van der Waals surface area contributed by atoms with Gasteiger partial charge in [0, 0.05) is 5.39 Å². The molecular formula is C21H28N2O2Si. The van der Waals surface area contributed by atoms with Crippen LogP contribution in [0, 0.1) is 0 Å². The molecular weight excluding hydrogens is 340 g/mol. The number of methoxy groups -OCH3 is 1. The van der Waals surface area contributed by atoms with E-state index in [9.17, 15) is 0 Å². The Bertz CT molecular complexity index is 849. The van der Waals surface area contributed by atoms with Gasteiger partial charge in [-0.25, -0.2) is 4.68 Å². The summed E-state index contributed by atoms with van der Waals surface area (Å²) >= 11 is 0. The van der Waals surface area contributed by atoms with Gasteiger partial charge in [0.15, 0.2) is 8.32 Å². The van der Waals surface area contributed by atoms with E-state index >= 15 is 0 Å². The summed E-state index contributed by atoms with van der Waals surface area (Å²) in [6.45, 7) is 7.36. The first-order valence-corrected chi connectivity index (χ1v) is 11.9. The summed E-state index contributed by atoms with van der Waals surface area (Å²) < 4.78 is 14.1. The summed E-state index contributed by atoms with van der Waals surface area (Å²) in [5.41, 5.74) is 3.11. The SMILES string of the molecule is CC[Si](CC)(CC)OCc1c2cc(OC)ccc2nn1-c1ccccc1. The molecule has 1 heterocycles. The van der Waals surface area contributed by atoms with Gasteiger partial charge in [0.25, 0.3) is 0 Å². The van der Waals surface area contributed by atoms with Gasteiger partial charge >= 0.3 is 0 Å². The molecule has 2 aromatic carbocycles. The van der Waals surface area contributed by atoms with Crippen LogP contribution in [0.2, 0.25) is 18.1 Å². The number of nitrogens with zero attached hydrogens (tertiary/aromatic N) is 2. The third-order valence-corrected chi connectivity index (χ3v) is 10.0. The van der Waals surface area contributed by atoms with Crippen LogP contribution in [0.1, 0.15) is 26.5 Å². The van der Waals surface area contributed by atoms with Crippen LogP contribution in [-0.2, 0) is 11.0 Å². The van der Waals surface area contributed by atoms with Gasteiger partial charge in [-0.1, -0.05) is 39.0 Å². The molecule has 26 heavy (non-hydrogen) atoms. The minimum Gasteiger partial charge on any atom is -0.497 e. The molecule has 0 fully saturated rings. The Balaban J connectivity index is 2.08. The van der Waals surface area contributed by atoms with Crippen LogP contribution in [0.25, 0.3) is 16.6 Å². The molecule has 0 aliphatic heterocycles. The first kappa shape index (κ1) is 18.7. The fourth-order valence-electron chi connectivity index (χ4n) is 3.44. The second-order valence-electron chi connectivity index (χ2n) is 6.61. The summed E-state index contributed by atoms with van der Waals surface area (Å²) in [7, 11) is 0.0175. The standard InChI is InChI=1S/C21H28N2O2Si/c1-5-26(6-2,7-3)25-16-21-19-15-18(24-4)13-14-20(19)22-23(21)17-11-9-8-10-12-17/h8-15H,5-7,16H2,1-4H3. The summed E-state index contributed by atoms with van der Waals surface area (Å²) in [4.78, 5) is 0. The number of para-hydroxylation sites is 1. The zero-order valence-corrected chi connectivity index (χ0v) is 17.2. The van der Waals surface area contributed by atoms with E-state index in [1.54, 1.807) is 7.11 Å². The molecule has 3 aromatic rings. The predicted molar refractivity (Wildman–Crippen MR) is 110 cm³/mol. The van der Waals surface area contributed by atoms with Crippen molar-refractivity contribution in [2.45, 2.75) is 45.5 Å². The van der Waals surface area contributed by atoms with Gasteiger partial charge in [-0.2, -0.15) is 5.10 Å². The van der Waals surface area contributed by atoms with Crippen LogP contribution in [0.3, 0.4) is 0 Å². The molecule has 0 N–H and O–H groups in total. The first-order chi connectivity index (χ1) is 12.7. The third-order valence-electron chi connectivity index (χ3n) is 5.43. The smallest absolute Gasteiger partial charge is 0.192 e. The lowest BCUT2D eigenvalue weighted by molar-refractivity contribution is 0.280. The maximum atomic E-state index is 6.60. The maximum Gasteiger partial charge on any atom is 0.192 e. The Kier molecular flexibility index (Phi) is 5.79. The van der Waals surface area contributed by atoms with Crippen LogP contribution < -0.4 is 4.74 Å². The van der Waals surface area contributed by atoms with E-state index in [-0.39, 0.29) is 0 Å². The van der Waals surface area contributed by atoms with Gasteiger partial charge in [0.2, 0.25) is 0 Å². The van der Waals surface area contributed by atoms with E-state index in [0.717, 1.165) is 46.2 Å². The summed E-state index contributed by atoms with van der Waals surface area (Å²) in [5.74, 6) is 0.844. The average molecular weight is 369 g/mol. The molecule has 0 atom stereocenters. The minimum atomic E-state index is -1.68. The Labute approximate surface area is 156 Å². The van der Waals surface area contributed by atoms with E-state index in [1.165, 1.54) is 0 Å². The summed E-state index contributed by atoms with van der Waals surface area (Å²) in [6.07, 6.45) is 0. The van der Waals surface area contributed by atoms with Crippen LogP contribution in [-0.4, -0.2) is 25.2 Å². The van der Waals surface area contributed by atoms with Crippen molar-refractivity contribution in [1.29, 1.82) is 0 Å². The number of ether oxygens (including phenoxy) is 1. The van der Waals surface area contributed by atoms with E-state index < -0.39 is 8.32 Å². The Morgan fingerprint density at radius 2 is 1.65 bits per heavy atom. The van der Waals surface area contributed by atoms with Gasteiger partial charge in [-0.3, -0.25) is 0 Å². The van der Waals surface area contributed by atoms with Crippen molar-refractivity contribution < 1.29 is 9.16 Å². The van der Waals surface area contributed by atoms with Gasteiger partial charge < -0.3 is 9.16 Å². The van der Waals surface area contributed by atoms with Gasteiger partial charge in [0.1, 0.15) is 5.75 Å². The normalized spacial score (nSPS) is 11.8. The minimum absolute atomic E-state index is 0.584. The fourth-order valence-corrected chi connectivity index (χ4v) is 6.00. The highest BCUT2D eigenvalue weighted by atomic mass is 28.4. The number of aromatic nitrogens is 2. The highest BCUT2D eigenvalue weighted by Crippen LogP contribution is 2.29. The Hall–Kier alpha value is -2.11. The third kappa shape index (κ3) is 3.55. The Morgan fingerprint density at radius 1 is 0.962 bits per heavy atom. The Morgan fingerprint density at radius 3 is 2.27 bits per heavy atom. The van der Waals surface area contributed by atoms with Crippen molar-refractivity contribution in [1.82, 2.24) is 9.78 Å². The van der Waals surface area contributed by atoms with Crippen molar-refractivity contribution in [3.05, 3.63) is 54.2 Å². The number of benzene rings is 2. The molecule has 0 radical (unpaired) electrons. The zero-order valence-electron chi connectivity index (χ0n) is 16.2. The molecule has 4 nitrogen and oxygen atoms in total. The van der Waals surface area contributed by atoms with Crippen molar-refractivity contribution >= 4 is 19.2 Å². The molecule has 0 aliphatic carbocycles. The summed E-state index contributed by atoms with van der Waals surface area (Å²) in [6, 6.07) is 19.7. The van der Waals surface area contributed by atoms with Crippen LogP contribution in [0.5, 0.6) is 5.75 Å². The van der Waals surface area contributed by atoms with E-state index in [0.29, 0.717) is 6.61 Å². The molecule has 5 heteroatoms. The molecule has 1 aromatic heterocycles. The van der Waals surface area contributed by atoms with Crippen molar-refractivity contribution in [2.24, 2.45) is 0 Å². The largest absolute Gasteiger partial charge is 0.497 e. The predicted octanol–water partition coefficient (Wildman–Crippen LogP) is 5.56. The molecule has 0 amide bonds. The highest BCUT2D eigenvalue weighted by molar-refractivity contribution is 6.73. The number of rotatable bonds is 8. The lowest BCUT2D eigenvalue weighted by Crippen LogP contribution is -2.35. The van der Waals surface area contributed by atoms with Crippen LogP contribution in [0.4, 0.5) is 0 Å². The van der Waals surface area contributed by atoms with Crippen molar-refractivity contribution in [3.63, 3.8) is 0 Å². The second kappa shape index (κ2) is 8.06. The maximum absolute atomic E-state index is 6.60. The van der Waals surface area contributed by atoms with E-state index in [2.05, 4.69) is 39.0 Å². The summed E-state index contributed by atoms with van der Waals surface area (Å²) in [5, 5.41) is 5.93. The average Bonchev–Trinajstić information content (AvgIpc) is 3.08. The zero-order chi connectivity index (χ0) is 18.6. The van der Waals surface area contributed by atoms with E-state index in [4.69, 9.17) is 14.3 Å². The molecule has 0 saturated heterocycles. The number of hydrogen-bond donors (Lipinski definition) is 0.